The van der Waals surface area contributed by atoms with Crippen LogP contribution in [0.2, 0.25) is 0 Å². The monoisotopic (exact) mass is 267 g/mol. The van der Waals surface area contributed by atoms with Crippen molar-refractivity contribution >= 4 is 11.8 Å². The molecule has 18 heavy (non-hydrogen) atoms. The van der Waals surface area contributed by atoms with Crippen LogP contribution in [0, 0.1) is 0 Å². The first-order valence-electron chi connectivity index (χ1n) is 5.99. The van der Waals surface area contributed by atoms with Gasteiger partial charge in [-0.2, -0.15) is 11.8 Å². The summed E-state index contributed by atoms with van der Waals surface area (Å²) >= 11 is 1.83. The Morgan fingerprint density at radius 1 is 1.44 bits per heavy atom. The lowest BCUT2D eigenvalue weighted by Crippen LogP contribution is -2.23. The van der Waals surface area contributed by atoms with Crippen molar-refractivity contribution in [1.29, 1.82) is 0 Å². The summed E-state index contributed by atoms with van der Waals surface area (Å²) in [5.41, 5.74) is 0.905. The number of nitrogens with one attached hydrogen (secondary N) is 1. The van der Waals surface area contributed by atoms with Gasteiger partial charge in [0.25, 0.3) is 0 Å². The van der Waals surface area contributed by atoms with Gasteiger partial charge in [-0.1, -0.05) is 18.2 Å². The zero-order valence-corrected chi connectivity index (χ0v) is 11.6. The molecule has 1 atom stereocenters. The highest BCUT2D eigenvalue weighted by atomic mass is 32.2. The second-order valence-electron chi connectivity index (χ2n) is 3.86. The molecule has 1 rings (SSSR count). The molecule has 100 valence electrons. The topological polar surface area (TPSA) is 41.5 Å². The number of benzene rings is 1. The molecule has 1 unspecified atom stereocenters. The van der Waals surface area contributed by atoms with E-state index in [1.54, 1.807) is 7.11 Å². The Hall–Kier alpha value is -0.970. The molecule has 0 radical (unpaired) electrons. The number of aliphatic hydroxyl groups is 1. The fourth-order valence-corrected chi connectivity index (χ4v) is 2.12. The standard InChI is InChI=1S/C14H21NO2S/c1-3-9-18-10-8-15-11-14(16)12-4-6-13(17-2)7-5-12/h3-7,14-16H,1,8-11H2,2H3. The molecule has 0 fully saturated rings. The van der Waals surface area contributed by atoms with Crippen molar-refractivity contribution in [1.82, 2.24) is 5.32 Å². The van der Waals surface area contributed by atoms with E-state index < -0.39 is 6.10 Å². The Morgan fingerprint density at radius 3 is 2.78 bits per heavy atom. The Balaban J connectivity index is 2.22. The molecule has 0 aliphatic rings. The van der Waals surface area contributed by atoms with Crippen LogP contribution in [0.1, 0.15) is 11.7 Å². The van der Waals surface area contributed by atoms with E-state index in [1.807, 2.05) is 42.1 Å². The van der Waals surface area contributed by atoms with Crippen LogP contribution in [-0.2, 0) is 0 Å². The third kappa shape index (κ3) is 5.58. The summed E-state index contributed by atoms with van der Waals surface area (Å²) in [5.74, 6) is 2.81. The van der Waals surface area contributed by atoms with Crippen molar-refractivity contribution in [2.75, 3.05) is 31.7 Å². The van der Waals surface area contributed by atoms with E-state index >= 15 is 0 Å². The maximum Gasteiger partial charge on any atom is 0.118 e. The van der Waals surface area contributed by atoms with Gasteiger partial charge in [-0.15, -0.1) is 6.58 Å². The highest BCUT2D eigenvalue weighted by Crippen LogP contribution is 2.16. The molecule has 0 aromatic heterocycles. The summed E-state index contributed by atoms with van der Waals surface area (Å²) in [4.78, 5) is 0. The lowest BCUT2D eigenvalue weighted by atomic mass is 10.1. The van der Waals surface area contributed by atoms with Gasteiger partial charge in [0.2, 0.25) is 0 Å². The quantitative estimate of drug-likeness (QED) is 0.532. The fraction of sp³-hybridized carbons (Fsp3) is 0.429. The fourth-order valence-electron chi connectivity index (χ4n) is 1.49. The first-order valence-corrected chi connectivity index (χ1v) is 7.14. The maximum atomic E-state index is 9.96. The van der Waals surface area contributed by atoms with Gasteiger partial charge in [0, 0.05) is 24.6 Å². The molecule has 0 spiro atoms. The third-order valence-electron chi connectivity index (χ3n) is 2.50. The highest BCUT2D eigenvalue weighted by Gasteiger charge is 2.06. The van der Waals surface area contributed by atoms with Crippen LogP contribution in [0.15, 0.2) is 36.9 Å². The van der Waals surface area contributed by atoms with Gasteiger partial charge in [-0.25, -0.2) is 0 Å². The van der Waals surface area contributed by atoms with Crippen molar-refractivity contribution in [3.05, 3.63) is 42.5 Å². The summed E-state index contributed by atoms with van der Waals surface area (Å²) in [6.45, 7) is 5.13. The van der Waals surface area contributed by atoms with Crippen LogP contribution < -0.4 is 10.1 Å². The summed E-state index contributed by atoms with van der Waals surface area (Å²) in [6, 6.07) is 7.49. The lowest BCUT2D eigenvalue weighted by molar-refractivity contribution is 0.175. The minimum atomic E-state index is -0.472. The van der Waals surface area contributed by atoms with E-state index in [0.717, 1.165) is 29.4 Å². The molecule has 4 heteroatoms. The average Bonchev–Trinajstić information content (AvgIpc) is 2.42. The molecule has 0 heterocycles. The molecule has 1 aromatic rings. The molecular formula is C14H21NO2S. The maximum absolute atomic E-state index is 9.96. The Bertz CT molecular complexity index is 340. The Labute approximate surface area is 113 Å². The smallest absolute Gasteiger partial charge is 0.118 e. The van der Waals surface area contributed by atoms with E-state index in [2.05, 4.69) is 11.9 Å². The van der Waals surface area contributed by atoms with E-state index in [1.165, 1.54) is 0 Å². The summed E-state index contributed by atoms with van der Waals surface area (Å²) in [6.07, 6.45) is 1.43. The van der Waals surface area contributed by atoms with Gasteiger partial charge in [0.05, 0.1) is 13.2 Å². The second-order valence-corrected chi connectivity index (χ2v) is 5.01. The first-order chi connectivity index (χ1) is 8.77. The molecule has 1 aromatic carbocycles. The minimum absolute atomic E-state index is 0.472. The molecule has 0 saturated heterocycles. The van der Waals surface area contributed by atoms with Crippen molar-refractivity contribution in [2.24, 2.45) is 0 Å². The van der Waals surface area contributed by atoms with Crippen LogP contribution >= 0.6 is 11.8 Å². The predicted molar refractivity (Wildman–Crippen MR) is 78.3 cm³/mol. The van der Waals surface area contributed by atoms with Gasteiger partial charge >= 0.3 is 0 Å². The summed E-state index contributed by atoms with van der Waals surface area (Å²) in [5, 5.41) is 13.2. The van der Waals surface area contributed by atoms with Gasteiger partial charge in [-0.3, -0.25) is 0 Å². The molecule has 0 aliphatic heterocycles. The largest absolute Gasteiger partial charge is 0.497 e. The normalized spacial score (nSPS) is 12.1. The summed E-state index contributed by atoms with van der Waals surface area (Å²) < 4.78 is 5.08. The van der Waals surface area contributed by atoms with E-state index in [0.29, 0.717) is 6.54 Å². The van der Waals surface area contributed by atoms with Crippen LogP contribution in [0.5, 0.6) is 5.75 Å². The van der Waals surface area contributed by atoms with Crippen molar-refractivity contribution in [3.63, 3.8) is 0 Å². The van der Waals surface area contributed by atoms with Gasteiger partial charge in [0.15, 0.2) is 0 Å². The Kier molecular flexibility index (Phi) is 7.57. The third-order valence-corrected chi connectivity index (χ3v) is 3.46. The van der Waals surface area contributed by atoms with Gasteiger partial charge < -0.3 is 15.2 Å². The van der Waals surface area contributed by atoms with Crippen LogP contribution in [0.4, 0.5) is 0 Å². The molecule has 0 saturated carbocycles. The van der Waals surface area contributed by atoms with E-state index in [9.17, 15) is 5.11 Å². The SMILES string of the molecule is C=CCSCCNCC(O)c1ccc(OC)cc1. The molecule has 2 N–H and O–H groups in total. The van der Waals surface area contributed by atoms with Crippen LogP contribution in [0.25, 0.3) is 0 Å². The first kappa shape index (κ1) is 15.1. The number of hydrogen-bond acceptors (Lipinski definition) is 4. The molecular weight excluding hydrogens is 246 g/mol. The second kappa shape index (κ2) is 9.03. The van der Waals surface area contributed by atoms with Crippen LogP contribution in [-0.4, -0.2) is 36.8 Å². The van der Waals surface area contributed by atoms with Crippen molar-refractivity contribution in [2.45, 2.75) is 6.10 Å². The molecule has 3 nitrogen and oxygen atoms in total. The number of hydrogen-bond donors (Lipinski definition) is 2. The molecule has 0 amide bonds. The number of thioether (sulfide) groups is 1. The minimum Gasteiger partial charge on any atom is -0.497 e. The van der Waals surface area contributed by atoms with Crippen molar-refractivity contribution < 1.29 is 9.84 Å². The number of aliphatic hydroxyl groups excluding tert-OH is 1. The van der Waals surface area contributed by atoms with Crippen molar-refractivity contribution in [3.8, 4) is 5.75 Å². The Morgan fingerprint density at radius 2 is 2.17 bits per heavy atom. The van der Waals surface area contributed by atoms with Gasteiger partial charge in [-0.05, 0) is 17.7 Å². The zero-order chi connectivity index (χ0) is 13.2. The molecule has 0 bridgehead atoms. The van der Waals surface area contributed by atoms with Crippen LogP contribution in [0.3, 0.4) is 0 Å². The number of rotatable bonds is 9. The average molecular weight is 267 g/mol. The number of methoxy groups -OCH3 is 1. The lowest BCUT2D eigenvalue weighted by Gasteiger charge is -2.12. The van der Waals surface area contributed by atoms with E-state index in [-0.39, 0.29) is 0 Å². The highest BCUT2D eigenvalue weighted by molar-refractivity contribution is 7.99. The molecule has 0 aliphatic carbocycles. The predicted octanol–water partition coefficient (Wildman–Crippen LogP) is 2.24. The van der Waals surface area contributed by atoms with Gasteiger partial charge in [0.1, 0.15) is 5.75 Å². The van der Waals surface area contributed by atoms with E-state index in [4.69, 9.17) is 4.74 Å². The zero-order valence-electron chi connectivity index (χ0n) is 10.8. The number of ether oxygens (including phenoxy) is 1. The summed E-state index contributed by atoms with van der Waals surface area (Å²) in [7, 11) is 1.63.